The third kappa shape index (κ3) is 8.20. The summed E-state index contributed by atoms with van der Waals surface area (Å²) in [6.45, 7) is 1.65. The number of aliphatic carboxylic acids is 1. The summed E-state index contributed by atoms with van der Waals surface area (Å²) < 4.78 is 0. The van der Waals surface area contributed by atoms with Crippen molar-refractivity contribution < 1.29 is 33.9 Å². The van der Waals surface area contributed by atoms with Gasteiger partial charge in [-0.1, -0.05) is 0 Å². The average Bonchev–Trinajstić information content (AvgIpc) is 3.18. The fourth-order valence-electron chi connectivity index (χ4n) is 3.17. The zero-order valence-electron chi connectivity index (χ0n) is 17.3. The van der Waals surface area contributed by atoms with E-state index in [0.29, 0.717) is 12.8 Å². The molecule has 1 aliphatic heterocycles. The number of hydrogen-bond donors (Lipinski definition) is 6. The molecule has 0 bridgehead atoms. The smallest absolute Gasteiger partial charge is 0.326 e. The lowest BCUT2D eigenvalue weighted by Gasteiger charge is -2.27. The van der Waals surface area contributed by atoms with Crippen LogP contribution in [-0.4, -0.2) is 76.2 Å². The lowest BCUT2D eigenvalue weighted by atomic mass is 10.1. The van der Waals surface area contributed by atoms with Gasteiger partial charge < -0.3 is 37.8 Å². The number of hydrogen-bond acceptors (Lipinski definition) is 7. The summed E-state index contributed by atoms with van der Waals surface area (Å²) in [5, 5.41) is 14.0. The van der Waals surface area contributed by atoms with Gasteiger partial charge in [0.05, 0.1) is 6.04 Å². The van der Waals surface area contributed by atoms with Crippen molar-refractivity contribution in [3.8, 4) is 0 Å². The second-order valence-electron chi connectivity index (χ2n) is 7.44. The highest BCUT2D eigenvalue weighted by molar-refractivity contribution is 5.94. The van der Waals surface area contributed by atoms with Crippen LogP contribution in [0.2, 0.25) is 0 Å². The first-order valence-electron chi connectivity index (χ1n) is 9.90. The fraction of sp³-hybridized carbons (Fsp3) is 0.667. The van der Waals surface area contributed by atoms with Crippen LogP contribution in [0.5, 0.6) is 0 Å². The first kappa shape index (κ1) is 25.8. The number of nitrogens with two attached hydrogens (primary N) is 3. The van der Waals surface area contributed by atoms with Gasteiger partial charge in [-0.2, -0.15) is 0 Å². The van der Waals surface area contributed by atoms with Gasteiger partial charge in [-0.15, -0.1) is 0 Å². The van der Waals surface area contributed by atoms with Gasteiger partial charge in [-0.3, -0.25) is 24.0 Å². The molecule has 1 rings (SSSR count). The van der Waals surface area contributed by atoms with Crippen molar-refractivity contribution in [2.45, 2.75) is 69.6 Å². The molecule has 0 aromatic rings. The molecule has 0 aliphatic carbocycles. The van der Waals surface area contributed by atoms with E-state index in [9.17, 15) is 33.9 Å². The van der Waals surface area contributed by atoms with Crippen molar-refractivity contribution in [1.29, 1.82) is 0 Å². The molecule has 0 spiro atoms. The van der Waals surface area contributed by atoms with Gasteiger partial charge >= 0.3 is 5.97 Å². The number of amides is 5. The van der Waals surface area contributed by atoms with E-state index in [4.69, 9.17) is 17.2 Å². The van der Waals surface area contributed by atoms with Gasteiger partial charge in [0.2, 0.25) is 29.5 Å². The quantitative estimate of drug-likeness (QED) is 0.181. The fourth-order valence-corrected chi connectivity index (χ4v) is 3.17. The molecule has 4 unspecified atom stereocenters. The van der Waals surface area contributed by atoms with Crippen molar-refractivity contribution >= 4 is 35.5 Å². The van der Waals surface area contributed by atoms with E-state index in [0.717, 1.165) is 0 Å². The lowest BCUT2D eigenvalue weighted by molar-refractivity contribution is -0.149. The largest absolute Gasteiger partial charge is 0.480 e. The van der Waals surface area contributed by atoms with Crippen LogP contribution in [0.3, 0.4) is 0 Å². The molecule has 9 N–H and O–H groups in total. The Balaban J connectivity index is 2.78. The van der Waals surface area contributed by atoms with Gasteiger partial charge in [0.25, 0.3) is 0 Å². The normalized spacial score (nSPS) is 18.5. The molecule has 4 atom stereocenters. The lowest BCUT2D eigenvalue weighted by Crippen LogP contribution is -2.56. The van der Waals surface area contributed by atoms with E-state index in [-0.39, 0.29) is 32.2 Å². The molecule has 0 radical (unpaired) electrons. The Labute approximate surface area is 179 Å². The third-order valence-corrected chi connectivity index (χ3v) is 4.90. The second kappa shape index (κ2) is 11.8. The van der Waals surface area contributed by atoms with E-state index in [1.165, 1.54) is 11.8 Å². The number of rotatable bonds is 12. The van der Waals surface area contributed by atoms with Crippen LogP contribution in [0.25, 0.3) is 0 Å². The maximum Gasteiger partial charge on any atom is 0.326 e. The highest BCUT2D eigenvalue weighted by atomic mass is 16.4. The first-order valence-corrected chi connectivity index (χ1v) is 9.90. The average molecular weight is 442 g/mol. The molecule has 1 aliphatic rings. The van der Waals surface area contributed by atoms with Gasteiger partial charge in [0.1, 0.15) is 18.1 Å². The molecule has 13 heteroatoms. The molecule has 1 fully saturated rings. The maximum atomic E-state index is 12.6. The topological polar surface area (TPSA) is 228 Å². The van der Waals surface area contributed by atoms with Crippen LogP contribution in [0.1, 0.15) is 45.4 Å². The van der Waals surface area contributed by atoms with Crippen molar-refractivity contribution in [2.75, 3.05) is 6.54 Å². The molecular formula is C18H30N6O7. The predicted octanol–water partition coefficient (Wildman–Crippen LogP) is -3.09. The molecule has 0 saturated carbocycles. The molecule has 1 heterocycles. The summed E-state index contributed by atoms with van der Waals surface area (Å²) in [7, 11) is 0. The Morgan fingerprint density at radius 3 is 2.13 bits per heavy atom. The Bertz CT molecular complexity index is 728. The highest BCUT2D eigenvalue weighted by Gasteiger charge is 2.37. The second-order valence-corrected chi connectivity index (χ2v) is 7.44. The monoisotopic (exact) mass is 442 g/mol. The molecule has 0 aromatic heterocycles. The van der Waals surface area contributed by atoms with Gasteiger partial charge in [0, 0.05) is 19.4 Å². The number of carbonyl (C=O) groups is 6. The minimum atomic E-state index is -1.22. The van der Waals surface area contributed by atoms with Crippen molar-refractivity contribution in [3.05, 3.63) is 0 Å². The van der Waals surface area contributed by atoms with E-state index >= 15 is 0 Å². The van der Waals surface area contributed by atoms with Crippen LogP contribution < -0.4 is 27.8 Å². The number of primary amides is 2. The molecule has 13 nitrogen and oxygen atoms in total. The molecule has 1 saturated heterocycles. The van der Waals surface area contributed by atoms with Crippen molar-refractivity contribution in [3.63, 3.8) is 0 Å². The third-order valence-electron chi connectivity index (χ3n) is 4.90. The maximum absolute atomic E-state index is 12.6. The highest BCUT2D eigenvalue weighted by Crippen LogP contribution is 2.18. The van der Waals surface area contributed by atoms with Gasteiger partial charge in [0.15, 0.2) is 0 Å². The summed E-state index contributed by atoms with van der Waals surface area (Å²) in [5.41, 5.74) is 15.8. The van der Waals surface area contributed by atoms with Crippen molar-refractivity contribution in [2.24, 2.45) is 17.2 Å². The minimum Gasteiger partial charge on any atom is -0.480 e. The van der Waals surface area contributed by atoms with E-state index in [1.807, 2.05) is 0 Å². The molecular weight excluding hydrogens is 412 g/mol. The Kier molecular flexibility index (Phi) is 9.86. The number of nitrogens with zero attached hydrogens (tertiary/aromatic N) is 1. The molecule has 0 aromatic carbocycles. The number of likely N-dealkylation sites (tertiary alicyclic amines) is 1. The SMILES string of the molecule is CC(NC(=O)C(CCC(N)=O)NC(=O)C(N)CCC(N)=O)C(=O)N1CCCC1C(=O)O. The van der Waals surface area contributed by atoms with Gasteiger partial charge in [-0.05, 0) is 32.6 Å². The Morgan fingerprint density at radius 2 is 1.58 bits per heavy atom. The van der Waals surface area contributed by atoms with Crippen LogP contribution >= 0.6 is 0 Å². The summed E-state index contributed by atoms with van der Waals surface area (Å²) in [4.78, 5) is 71.9. The number of nitrogens with one attached hydrogen (secondary N) is 2. The first-order chi connectivity index (χ1) is 14.4. The van der Waals surface area contributed by atoms with Crippen LogP contribution in [0.15, 0.2) is 0 Å². The predicted molar refractivity (Wildman–Crippen MR) is 107 cm³/mol. The van der Waals surface area contributed by atoms with Crippen molar-refractivity contribution in [1.82, 2.24) is 15.5 Å². The molecule has 5 amide bonds. The summed E-state index contributed by atoms with van der Waals surface area (Å²) in [6, 6.07) is -4.36. The zero-order chi connectivity index (χ0) is 23.7. The summed E-state index contributed by atoms with van der Waals surface area (Å²) >= 11 is 0. The van der Waals surface area contributed by atoms with Crippen LogP contribution in [0.4, 0.5) is 0 Å². The van der Waals surface area contributed by atoms with Gasteiger partial charge in [-0.25, -0.2) is 4.79 Å². The Morgan fingerprint density at radius 1 is 1.00 bits per heavy atom. The summed E-state index contributed by atoms with van der Waals surface area (Å²) in [6.07, 6.45) is 0.332. The van der Waals surface area contributed by atoms with E-state index in [2.05, 4.69) is 10.6 Å². The zero-order valence-corrected chi connectivity index (χ0v) is 17.3. The molecule has 31 heavy (non-hydrogen) atoms. The minimum absolute atomic E-state index is 0.0360. The van der Waals surface area contributed by atoms with E-state index < -0.39 is 59.7 Å². The summed E-state index contributed by atoms with van der Waals surface area (Å²) in [5.74, 6) is -4.54. The number of carbonyl (C=O) groups excluding carboxylic acids is 5. The van der Waals surface area contributed by atoms with E-state index in [1.54, 1.807) is 0 Å². The molecule has 174 valence electrons. The number of carboxylic acids is 1. The van der Waals surface area contributed by atoms with Crippen LogP contribution in [-0.2, 0) is 28.8 Å². The number of carboxylic acid groups (broad SMARTS) is 1. The van der Waals surface area contributed by atoms with Crippen LogP contribution in [0, 0.1) is 0 Å². The Hall–Kier alpha value is -3.22. The standard InChI is InChI=1S/C18H30N6O7/c1-9(17(29)24-8-2-3-12(24)18(30)31)22-16(28)11(5-7-14(21)26)23-15(27)10(19)4-6-13(20)25/h9-12H,2-8,19H2,1H3,(H2,20,25)(H2,21,26)(H,22,28)(H,23,27)(H,30,31).